The fourth-order valence-electron chi connectivity index (χ4n) is 6.49. The fraction of sp³-hybridized carbons (Fsp3) is 0.233. The molecule has 1 fully saturated rings. The number of hydrogen-bond donors (Lipinski definition) is 3. The van der Waals surface area contributed by atoms with Gasteiger partial charge in [-0.3, -0.25) is 25.3 Å². The Hall–Kier alpha value is -6.49. The molecule has 0 spiro atoms. The van der Waals surface area contributed by atoms with Crippen LogP contribution in [0.4, 0.5) is 14.4 Å². The number of nitrogens with one attached hydrogen (secondary N) is 3. The molecular formula is C43H43N5O6. The number of rotatable bonds is 13. The summed E-state index contributed by atoms with van der Waals surface area (Å²) in [5.74, 6) is -0.762. The highest BCUT2D eigenvalue weighted by Gasteiger charge is 2.49. The van der Waals surface area contributed by atoms with Crippen LogP contribution in [0.25, 0.3) is 10.8 Å². The third kappa shape index (κ3) is 10.3. The summed E-state index contributed by atoms with van der Waals surface area (Å²) in [4.78, 5) is 58.1. The van der Waals surface area contributed by atoms with Gasteiger partial charge in [0, 0.05) is 13.1 Å². The second-order valence-corrected chi connectivity index (χ2v) is 12.9. The molecule has 0 radical (unpaired) electrons. The van der Waals surface area contributed by atoms with Crippen LogP contribution in [0, 0.1) is 5.92 Å². The number of benzene rings is 5. The summed E-state index contributed by atoms with van der Waals surface area (Å²) in [5, 5.41) is 10.1. The van der Waals surface area contributed by atoms with Gasteiger partial charge >= 0.3 is 18.2 Å². The topological polar surface area (TPSA) is 138 Å². The third-order valence-electron chi connectivity index (χ3n) is 9.26. The normalized spacial score (nSPS) is 14.7. The number of amides is 5. The van der Waals surface area contributed by atoms with E-state index < -0.39 is 18.2 Å². The first kappa shape index (κ1) is 37.3. The molecule has 11 nitrogen and oxygen atoms in total. The van der Waals surface area contributed by atoms with Gasteiger partial charge in [0.25, 0.3) is 0 Å². The van der Waals surface area contributed by atoms with Crippen LogP contribution in [0.2, 0.25) is 0 Å². The lowest BCUT2D eigenvalue weighted by atomic mass is 9.80. The van der Waals surface area contributed by atoms with Crippen molar-refractivity contribution in [2.24, 2.45) is 10.9 Å². The van der Waals surface area contributed by atoms with Crippen molar-refractivity contribution in [2.45, 2.75) is 51.5 Å². The summed E-state index contributed by atoms with van der Waals surface area (Å²) in [6.45, 7) is 0.520. The average Bonchev–Trinajstić information content (AvgIpc) is 3.20. The Morgan fingerprint density at radius 2 is 1.20 bits per heavy atom. The lowest BCUT2D eigenvalue weighted by Gasteiger charge is -2.46. The Balaban J connectivity index is 1.07. The second kappa shape index (κ2) is 18.8. The van der Waals surface area contributed by atoms with Gasteiger partial charge in [0.15, 0.2) is 0 Å². The number of hydrogen-bond acceptors (Lipinski definition) is 7. The van der Waals surface area contributed by atoms with Crippen LogP contribution in [-0.4, -0.2) is 47.6 Å². The maximum atomic E-state index is 13.5. The van der Waals surface area contributed by atoms with Crippen molar-refractivity contribution in [3.8, 4) is 0 Å². The van der Waals surface area contributed by atoms with E-state index in [4.69, 9.17) is 9.47 Å². The highest BCUT2D eigenvalue weighted by molar-refractivity contribution is 6.02. The summed E-state index contributed by atoms with van der Waals surface area (Å²) >= 11 is 0. The first-order chi connectivity index (χ1) is 26.4. The number of β-lactam (4-membered cyclic amide) rings is 1. The lowest BCUT2D eigenvalue weighted by Crippen LogP contribution is -2.65. The van der Waals surface area contributed by atoms with Crippen molar-refractivity contribution in [3.05, 3.63) is 156 Å². The van der Waals surface area contributed by atoms with Crippen molar-refractivity contribution in [2.75, 3.05) is 6.54 Å². The highest BCUT2D eigenvalue weighted by Crippen LogP contribution is 2.34. The molecule has 0 bridgehead atoms. The van der Waals surface area contributed by atoms with Gasteiger partial charge in [0.2, 0.25) is 11.9 Å². The van der Waals surface area contributed by atoms with E-state index in [2.05, 4.69) is 20.9 Å². The number of carbonyl (C=O) groups is 4. The Morgan fingerprint density at radius 3 is 1.83 bits per heavy atom. The minimum Gasteiger partial charge on any atom is -0.444 e. The molecule has 1 heterocycles. The molecule has 1 aliphatic rings. The molecule has 5 aromatic rings. The quantitative estimate of drug-likeness (QED) is 0.0498. The van der Waals surface area contributed by atoms with E-state index in [0.29, 0.717) is 32.2 Å². The summed E-state index contributed by atoms with van der Waals surface area (Å²) in [6.07, 6.45) is 0.616. The number of carbonyl (C=O) groups excluding carboxylic acids is 4. The van der Waals surface area contributed by atoms with Gasteiger partial charge in [0.1, 0.15) is 13.2 Å². The molecular weight excluding hydrogens is 683 g/mol. The third-order valence-corrected chi connectivity index (χ3v) is 9.26. The molecule has 1 saturated heterocycles. The standard InChI is InChI=1S/C43H43N5O6/c49-39-37(38(26-25-31-14-4-1-5-15-31)48(39)41(50)45-28-35-22-12-21-34-20-10-11-23-36(34)35)24-13-27-44-40(46-42(51)53-29-32-16-6-2-7-17-32)47-43(52)54-30-33-18-8-3-9-19-33/h1-12,14-23,37-38H,13,24-30H2,(H,45,50)(H2,44,46,47,51,52). The van der Waals surface area contributed by atoms with Gasteiger partial charge in [-0.25, -0.2) is 14.4 Å². The van der Waals surface area contributed by atoms with Gasteiger partial charge in [-0.05, 0) is 58.7 Å². The number of likely N-dealkylation sites (tertiary alicyclic amines) is 1. The first-order valence-corrected chi connectivity index (χ1v) is 18.1. The summed E-state index contributed by atoms with van der Waals surface area (Å²) in [6, 6.07) is 41.6. The number of fused-ring (bicyclic) bond motifs is 1. The molecule has 2 atom stereocenters. The number of aliphatic imine (C=N–C) groups is 1. The van der Waals surface area contributed by atoms with E-state index in [-0.39, 0.29) is 43.6 Å². The first-order valence-electron chi connectivity index (χ1n) is 18.1. The van der Waals surface area contributed by atoms with Crippen LogP contribution < -0.4 is 16.0 Å². The number of urea groups is 1. The number of imide groups is 1. The average molecular weight is 726 g/mol. The van der Waals surface area contributed by atoms with Crippen LogP contribution in [-0.2, 0) is 40.4 Å². The van der Waals surface area contributed by atoms with Crippen molar-refractivity contribution in [1.29, 1.82) is 0 Å². The maximum absolute atomic E-state index is 13.5. The van der Waals surface area contributed by atoms with E-state index in [1.807, 2.05) is 133 Å². The van der Waals surface area contributed by atoms with Crippen LogP contribution in [0.15, 0.2) is 138 Å². The zero-order chi connectivity index (χ0) is 37.5. The maximum Gasteiger partial charge on any atom is 0.414 e. The zero-order valence-electron chi connectivity index (χ0n) is 29.9. The monoisotopic (exact) mass is 725 g/mol. The molecule has 5 amide bonds. The molecule has 276 valence electrons. The van der Waals surface area contributed by atoms with Crippen molar-refractivity contribution < 1.29 is 28.7 Å². The van der Waals surface area contributed by atoms with Crippen molar-refractivity contribution in [3.63, 3.8) is 0 Å². The number of aryl methyl sites for hydroxylation is 1. The van der Waals surface area contributed by atoms with Gasteiger partial charge in [0.05, 0.1) is 12.0 Å². The molecule has 2 unspecified atom stereocenters. The van der Waals surface area contributed by atoms with Crippen molar-refractivity contribution >= 4 is 40.9 Å². The van der Waals surface area contributed by atoms with Gasteiger partial charge in [-0.15, -0.1) is 0 Å². The molecule has 1 aliphatic heterocycles. The van der Waals surface area contributed by atoms with E-state index in [0.717, 1.165) is 33.0 Å². The van der Waals surface area contributed by atoms with Crippen molar-refractivity contribution in [1.82, 2.24) is 20.9 Å². The predicted molar refractivity (Wildman–Crippen MR) is 206 cm³/mol. The largest absolute Gasteiger partial charge is 0.444 e. The van der Waals surface area contributed by atoms with Crippen LogP contribution in [0.3, 0.4) is 0 Å². The molecule has 54 heavy (non-hydrogen) atoms. The molecule has 0 aromatic heterocycles. The molecule has 11 heteroatoms. The Labute approximate surface area is 314 Å². The predicted octanol–water partition coefficient (Wildman–Crippen LogP) is 7.50. The summed E-state index contributed by atoms with van der Waals surface area (Å²) in [5.41, 5.74) is 3.68. The van der Waals surface area contributed by atoms with Gasteiger partial charge in [-0.2, -0.15) is 0 Å². The SMILES string of the molecule is O=C(NC(=NCCCC1C(=O)N(C(=O)NCc2cccc3ccccc23)C1CCc1ccccc1)NC(=O)OCc1ccccc1)OCc1ccccc1. The number of alkyl carbamates (subject to hydrolysis) is 2. The Bertz CT molecular complexity index is 1990. The van der Waals surface area contributed by atoms with E-state index in [1.54, 1.807) is 0 Å². The smallest absolute Gasteiger partial charge is 0.414 e. The number of ether oxygens (including phenoxy) is 2. The highest BCUT2D eigenvalue weighted by atomic mass is 16.6. The summed E-state index contributed by atoms with van der Waals surface area (Å²) < 4.78 is 10.6. The number of guanidine groups is 1. The van der Waals surface area contributed by atoms with Gasteiger partial charge in [-0.1, -0.05) is 133 Å². The number of nitrogens with zero attached hydrogens (tertiary/aromatic N) is 2. The van der Waals surface area contributed by atoms with Gasteiger partial charge < -0.3 is 14.8 Å². The Kier molecular flexibility index (Phi) is 13.0. The van der Waals surface area contributed by atoms with E-state index in [1.165, 1.54) is 4.90 Å². The molecule has 0 aliphatic carbocycles. The van der Waals surface area contributed by atoms with E-state index >= 15 is 0 Å². The minimum absolute atomic E-state index is 0.0264. The molecule has 3 N–H and O–H groups in total. The lowest BCUT2D eigenvalue weighted by molar-refractivity contribution is -0.150. The van der Waals surface area contributed by atoms with Crippen LogP contribution >= 0.6 is 0 Å². The molecule has 5 aromatic carbocycles. The minimum atomic E-state index is -0.804. The molecule has 0 saturated carbocycles. The Morgan fingerprint density at radius 1 is 0.648 bits per heavy atom. The summed E-state index contributed by atoms with van der Waals surface area (Å²) in [7, 11) is 0. The van der Waals surface area contributed by atoms with E-state index in [9.17, 15) is 19.2 Å². The molecule has 6 rings (SSSR count). The van der Waals surface area contributed by atoms with Crippen LogP contribution in [0.5, 0.6) is 0 Å². The van der Waals surface area contributed by atoms with Crippen LogP contribution in [0.1, 0.15) is 41.5 Å². The fourth-order valence-corrected chi connectivity index (χ4v) is 6.49. The second-order valence-electron chi connectivity index (χ2n) is 12.9. The zero-order valence-corrected chi connectivity index (χ0v) is 29.9.